The summed E-state index contributed by atoms with van der Waals surface area (Å²) in [4.78, 5) is 2.36. The molecule has 4 aromatic carbocycles. The maximum Gasteiger partial charge on any atom is 0.0785 e. The third-order valence-corrected chi connectivity index (χ3v) is 6.94. The summed E-state index contributed by atoms with van der Waals surface area (Å²) in [6.45, 7) is 8.61. The molecular formula is C31H33ClN2. The molecule has 0 aliphatic carbocycles. The van der Waals surface area contributed by atoms with Gasteiger partial charge < -0.3 is 10.6 Å². The third kappa shape index (κ3) is 4.89. The molecule has 3 heteroatoms. The molecule has 4 rings (SSSR count). The van der Waals surface area contributed by atoms with Crippen LogP contribution in [0.15, 0.2) is 97.1 Å². The Labute approximate surface area is 209 Å². The zero-order chi connectivity index (χ0) is 24.2. The molecule has 0 saturated carbocycles. The van der Waals surface area contributed by atoms with Gasteiger partial charge in [-0.3, -0.25) is 0 Å². The zero-order valence-electron chi connectivity index (χ0n) is 20.4. The maximum absolute atomic E-state index is 7.12. The lowest BCUT2D eigenvalue weighted by Gasteiger charge is -2.40. The number of hydrogen-bond donors (Lipinski definition) is 1. The summed E-state index contributed by atoms with van der Waals surface area (Å²) in [6.07, 6.45) is 0. The fourth-order valence-electron chi connectivity index (χ4n) is 4.55. The highest BCUT2D eigenvalue weighted by Gasteiger charge is 2.32. The monoisotopic (exact) mass is 468 g/mol. The lowest BCUT2D eigenvalue weighted by atomic mass is 9.89. The molecule has 174 valence electrons. The van der Waals surface area contributed by atoms with Crippen molar-refractivity contribution >= 4 is 23.0 Å². The predicted molar refractivity (Wildman–Crippen MR) is 146 cm³/mol. The third-order valence-electron chi connectivity index (χ3n) is 6.46. The van der Waals surface area contributed by atoms with Crippen LogP contribution in [-0.2, 0) is 0 Å². The molecule has 0 saturated heterocycles. The minimum absolute atomic E-state index is 0.164. The van der Waals surface area contributed by atoms with Crippen LogP contribution in [0.25, 0.3) is 0 Å². The second kappa shape index (κ2) is 10.5. The summed E-state index contributed by atoms with van der Waals surface area (Å²) in [5.41, 5.74) is 14.9. The fourth-order valence-corrected chi connectivity index (χ4v) is 4.81. The average molecular weight is 469 g/mol. The highest BCUT2D eigenvalue weighted by atomic mass is 35.5. The fraction of sp³-hybridized carbons (Fsp3) is 0.226. The summed E-state index contributed by atoms with van der Waals surface area (Å²) in [7, 11) is 0. The van der Waals surface area contributed by atoms with E-state index in [2.05, 4.69) is 105 Å². The Kier molecular flexibility index (Phi) is 7.41. The van der Waals surface area contributed by atoms with Gasteiger partial charge in [-0.05, 0) is 54.2 Å². The molecule has 4 aromatic rings. The quantitative estimate of drug-likeness (QED) is 0.294. The van der Waals surface area contributed by atoms with E-state index in [9.17, 15) is 0 Å². The molecule has 0 aliphatic heterocycles. The van der Waals surface area contributed by atoms with Gasteiger partial charge in [0.15, 0.2) is 0 Å². The largest absolute Gasteiger partial charge is 0.331 e. The molecular weight excluding hydrogens is 436 g/mol. The van der Waals surface area contributed by atoms with Crippen LogP contribution in [-0.4, -0.2) is 0 Å². The van der Waals surface area contributed by atoms with Crippen LogP contribution in [0.5, 0.6) is 0 Å². The first-order valence-corrected chi connectivity index (χ1v) is 12.3. The lowest BCUT2D eigenvalue weighted by molar-refractivity contribution is 0.559. The van der Waals surface area contributed by atoms with Crippen LogP contribution in [0.2, 0.25) is 5.02 Å². The average Bonchev–Trinajstić information content (AvgIpc) is 2.85. The molecule has 0 aromatic heterocycles. The summed E-state index contributed by atoms with van der Waals surface area (Å²) < 4.78 is 0. The van der Waals surface area contributed by atoms with Gasteiger partial charge in [-0.25, -0.2) is 0 Å². The Balaban J connectivity index is 2.04. The van der Waals surface area contributed by atoms with Crippen LogP contribution in [0.4, 0.5) is 11.4 Å². The Bertz CT molecular complexity index is 1220. The first-order chi connectivity index (χ1) is 16.4. The van der Waals surface area contributed by atoms with Crippen molar-refractivity contribution in [3.05, 3.63) is 130 Å². The van der Waals surface area contributed by atoms with Crippen molar-refractivity contribution in [2.75, 3.05) is 4.90 Å². The van der Waals surface area contributed by atoms with Crippen LogP contribution in [0.3, 0.4) is 0 Å². The minimum Gasteiger partial charge on any atom is -0.331 e. The Hall–Kier alpha value is -3.07. The van der Waals surface area contributed by atoms with E-state index in [0.29, 0.717) is 5.92 Å². The SMILES string of the molecule is Cc1ccc(N(c2c(C(C)C)ccc(C)c2Cl)C(c2ccccc2)C(N)c2ccccc2)cc1. The Morgan fingerprint density at radius 3 is 1.82 bits per heavy atom. The van der Waals surface area contributed by atoms with Gasteiger partial charge >= 0.3 is 0 Å². The van der Waals surface area contributed by atoms with Gasteiger partial charge in [-0.1, -0.05) is 116 Å². The van der Waals surface area contributed by atoms with Crippen molar-refractivity contribution < 1.29 is 0 Å². The molecule has 0 bridgehead atoms. The van der Waals surface area contributed by atoms with E-state index < -0.39 is 0 Å². The smallest absolute Gasteiger partial charge is 0.0785 e. The van der Waals surface area contributed by atoms with E-state index in [4.69, 9.17) is 17.3 Å². The molecule has 2 N–H and O–H groups in total. The van der Waals surface area contributed by atoms with Crippen molar-refractivity contribution in [3.8, 4) is 0 Å². The molecule has 0 fully saturated rings. The number of aryl methyl sites for hydroxylation is 2. The van der Waals surface area contributed by atoms with Gasteiger partial charge in [0.2, 0.25) is 0 Å². The van der Waals surface area contributed by atoms with Crippen LogP contribution in [0, 0.1) is 13.8 Å². The summed E-state index contributed by atoms with van der Waals surface area (Å²) in [5.74, 6) is 0.297. The standard InChI is InChI=1S/C31H33ClN2/c1-21(2)27-20-17-23(4)28(32)31(27)34(26-18-15-22(3)16-19-26)30(25-13-9-6-10-14-25)29(33)24-11-7-5-8-12-24/h5-21,29-30H,33H2,1-4H3. The van der Waals surface area contributed by atoms with E-state index in [1.807, 2.05) is 24.3 Å². The van der Waals surface area contributed by atoms with Crippen LogP contribution >= 0.6 is 11.6 Å². The second-order valence-corrected chi connectivity index (χ2v) is 9.66. The minimum atomic E-state index is -0.276. The van der Waals surface area contributed by atoms with Gasteiger partial charge in [0.1, 0.15) is 0 Å². The van der Waals surface area contributed by atoms with E-state index >= 15 is 0 Å². The first-order valence-electron chi connectivity index (χ1n) is 11.9. The molecule has 2 atom stereocenters. The van der Waals surface area contributed by atoms with Crippen molar-refractivity contribution in [2.45, 2.75) is 45.7 Å². The number of anilines is 2. The molecule has 0 amide bonds. The lowest BCUT2D eigenvalue weighted by Crippen LogP contribution is -2.34. The number of rotatable bonds is 7. The maximum atomic E-state index is 7.12. The predicted octanol–water partition coefficient (Wildman–Crippen LogP) is 8.66. The van der Waals surface area contributed by atoms with Gasteiger partial charge in [0, 0.05) is 5.69 Å². The Morgan fingerprint density at radius 1 is 0.706 bits per heavy atom. The van der Waals surface area contributed by atoms with Crippen LogP contribution < -0.4 is 10.6 Å². The molecule has 2 unspecified atom stereocenters. The first kappa shape index (κ1) is 24.1. The van der Waals surface area contributed by atoms with E-state index in [-0.39, 0.29) is 12.1 Å². The van der Waals surface area contributed by atoms with Crippen molar-refractivity contribution in [2.24, 2.45) is 5.73 Å². The van der Waals surface area contributed by atoms with Crippen molar-refractivity contribution in [1.29, 1.82) is 0 Å². The van der Waals surface area contributed by atoms with Gasteiger partial charge in [0.25, 0.3) is 0 Å². The normalized spacial score (nSPS) is 13.0. The molecule has 0 aliphatic rings. The van der Waals surface area contributed by atoms with Crippen molar-refractivity contribution in [1.82, 2.24) is 0 Å². The van der Waals surface area contributed by atoms with E-state index in [1.54, 1.807) is 0 Å². The number of halogens is 1. The number of hydrogen-bond acceptors (Lipinski definition) is 2. The molecule has 0 radical (unpaired) electrons. The summed E-state index contributed by atoms with van der Waals surface area (Å²) in [6, 6.07) is 33.4. The van der Waals surface area contributed by atoms with Crippen LogP contribution in [0.1, 0.15) is 59.7 Å². The molecule has 0 heterocycles. The van der Waals surface area contributed by atoms with Gasteiger partial charge in [-0.15, -0.1) is 0 Å². The van der Waals surface area contributed by atoms with Gasteiger partial charge in [-0.2, -0.15) is 0 Å². The van der Waals surface area contributed by atoms with E-state index in [1.165, 1.54) is 11.1 Å². The summed E-state index contributed by atoms with van der Waals surface area (Å²) >= 11 is 7.12. The highest BCUT2D eigenvalue weighted by molar-refractivity contribution is 6.34. The highest BCUT2D eigenvalue weighted by Crippen LogP contribution is 2.47. The zero-order valence-corrected chi connectivity index (χ0v) is 21.1. The molecule has 2 nitrogen and oxygen atoms in total. The number of nitrogens with zero attached hydrogens (tertiary/aromatic N) is 1. The molecule has 34 heavy (non-hydrogen) atoms. The van der Waals surface area contributed by atoms with Crippen molar-refractivity contribution in [3.63, 3.8) is 0 Å². The topological polar surface area (TPSA) is 29.3 Å². The molecule has 0 spiro atoms. The van der Waals surface area contributed by atoms with E-state index in [0.717, 1.165) is 33.1 Å². The Morgan fingerprint density at radius 2 is 1.26 bits per heavy atom. The number of nitrogens with two attached hydrogens (primary N) is 1. The summed E-state index contributed by atoms with van der Waals surface area (Å²) in [5, 5.41) is 0.771. The van der Waals surface area contributed by atoms with Gasteiger partial charge in [0.05, 0.1) is 22.8 Å². The second-order valence-electron chi connectivity index (χ2n) is 9.29. The number of benzene rings is 4.